The van der Waals surface area contributed by atoms with Gasteiger partial charge in [0.1, 0.15) is 0 Å². The number of rotatable bonds is 11. The van der Waals surface area contributed by atoms with Crippen LogP contribution in [-0.2, 0) is 14.3 Å². The number of amides is 1. The van der Waals surface area contributed by atoms with Gasteiger partial charge in [0.05, 0.1) is 19.8 Å². The van der Waals surface area contributed by atoms with Gasteiger partial charge in [0.15, 0.2) is 0 Å². The van der Waals surface area contributed by atoms with Gasteiger partial charge in [-0.1, -0.05) is 13.8 Å². The Balaban J connectivity index is 3.01. The number of likely N-dealkylation sites (N-methyl/N-ethyl adjacent to an activating group) is 1. The normalized spacial score (nSPS) is 10.8. The van der Waals surface area contributed by atoms with E-state index in [9.17, 15) is 4.79 Å². The standard InChI is InChI=1S/C12H25NO3/c1-12(2)5-4-7-15-9-10-16-8-6-13(3)11-14/h11-12H,4-10H2,1-3H3. The molecule has 4 heteroatoms. The summed E-state index contributed by atoms with van der Waals surface area (Å²) in [4.78, 5) is 11.8. The molecule has 0 aliphatic rings. The maximum absolute atomic E-state index is 10.2. The van der Waals surface area contributed by atoms with Crippen LogP contribution < -0.4 is 0 Å². The summed E-state index contributed by atoms with van der Waals surface area (Å²) in [7, 11) is 1.73. The smallest absolute Gasteiger partial charge is 0.209 e. The van der Waals surface area contributed by atoms with Gasteiger partial charge in [-0.2, -0.15) is 0 Å². The Kier molecular flexibility index (Phi) is 10.5. The molecule has 0 heterocycles. The number of carbonyl (C=O) groups is 1. The van der Waals surface area contributed by atoms with Gasteiger partial charge >= 0.3 is 0 Å². The van der Waals surface area contributed by atoms with E-state index in [4.69, 9.17) is 9.47 Å². The lowest BCUT2D eigenvalue weighted by atomic mass is 10.1. The van der Waals surface area contributed by atoms with E-state index in [-0.39, 0.29) is 0 Å². The summed E-state index contributed by atoms with van der Waals surface area (Å²) in [5.74, 6) is 0.749. The highest BCUT2D eigenvalue weighted by atomic mass is 16.5. The third-order valence-corrected chi connectivity index (χ3v) is 2.21. The molecule has 0 aliphatic heterocycles. The Hall–Kier alpha value is -0.610. The molecule has 0 saturated heterocycles. The predicted octanol–water partition coefficient (Wildman–Crippen LogP) is 1.54. The Morgan fingerprint density at radius 1 is 1.12 bits per heavy atom. The summed E-state index contributed by atoms with van der Waals surface area (Å²) in [6.07, 6.45) is 3.13. The van der Waals surface area contributed by atoms with E-state index in [1.54, 1.807) is 11.9 Å². The highest BCUT2D eigenvalue weighted by Gasteiger charge is 1.95. The van der Waals surface area contributed by atoms with Crippen LogP contribution in [0, 0.1) is 5.92 Å². The van der Waals surface area contributed by atoms with E-state index in [0.717, 1.165) is 25.4 Å². The van der Waals surface area contributed by atoms with Crippen molar-refractivity contribution in [2.75, 3.05) is 40.0 Å². The molecule has 0 saturated carbocycles. The zero-order valence-electron chi connectivity index (χ0n) is 10.8. The van der Waals surface area contributed by atoms with Gasteiger partial charge in [0, 0.05) is 20.2 Å². The maximum atomic E-state index is 10.2. The second-order valence-corrected chi connectivity index (χ2v) is 4.35. The Morgan fingerprint density at radius 3 is 2.31 bits per heavy atom. The van der Waals surface area contributed by atoms with Crippen molar-refractivity contribution in [1.29, 1.82) is 0 Å². The monoisotopic (exact) mass is 231 g/mol. The van der Waals surface area contributed by atoms with E-state index >= 15 is 0 Å². The predicted molar refractivity (Wildman–Crippen MR) is 64.4 cm³/mol. The number of carbonyl (C=O) groups excluding carboxylic acids is 1. The van der Waals surface area contributed by atoms with E-state index in [1.165, 1.54) is 6.42 Å². The number of ether oxygens (including phenoxy) is 2. The van der Waals surface area contributed by atoms with E-state index in [1.807, 2.05) is 0 Å². The molecule has 0 atom stereocenters. The molecular formula is C12H25NO3. The highest BCUT2D eigenvalue weighted by Crippen LogP contribution is 2.02. The molecule has 0 aromatic rings. The fourth-order valence-corrected chi connectivity index (χ4v) is 1.18. The summed E-state index contributed by atoms with van der Waals surface area (Å²) in [5, 5.41) is 0. The minimum absolute atomic E-state index is 0.574. The van der Waals surface area contributed by atoms with Gasteiger partial charge in [-0.05, 0) is 18.8 Å². The van der Waals surface area contributed by atoms with Gasteiger partial charge in [-0.25, -0.2) is 0 Å². The summed E-state index contributed by atoms with van der Waals surface area (Å²) in [5.41, 5.74) is 0. The first-order valence-electron chi connectivity index (χ1n) is 5.97. The van der Waals surface area contributed by atoms with Crippen LogP contribution in [0.1, 0.15) is 26.7 Å². The SMILES string of the molecule is CC(C)CCCOCCOCCN(C)C=O. The fourth-order valence-electron chi connectivity index (χ4n) is 1.18. The van der Waals surface area contributed by atoms with E-state index in [2.05, 4.69) is 13.8 Å². The highest BCUT2D eigenvalue weighted by molar-refractivity contribution is 5.46. The lowest BCUT2D eigenvalue weighted by molar-refractivity contribution is -0.117. The number of hydrogen-bond acceptors (Lipinski definition) is 3. The van der Waals surface area contributed by atoms with Crippen LogP contribution in [0.25, 0.3) is 0 Å². The van der Waals surface area contributed by atoms with Crippen LogP contribution in [0.5, 0.6) is 0 Å². The third kappa shape index (κ3) is 11.5. The van der Waals surface area contributed by atoms with Crippen molar-refractivity contribution in [2.24, 2.45) is 5.92 Å². The van der Waals surface area contributed by atoms with Crippen molar-refractivity contribution >= 4 is 6.41 Å². The Labute approximate surface area is 98.9 Å². The van der Waals surface area contributed by atoms with E-state index < -0.39 is 0 Å². The van der Waals surface area contributed by atoms with Crippen LogP contribution in [0.2, 0.25) is 0 Å². The van der Waals surface area contributed by atoms with Crippen LogP contribution in [0.4, 0.5) is 0 Å². The molecule has 0 aromatic carbocycles. The van der Waals surface area contributed by atoms with Gasteiger partial charge in [-0.3, -0.25) is 4.79 Å². The molecule has 0 spiro atoms. The second-order valence-electron chi connectivity index (χ2n) is 4.35. The quantitative estimate of drug-likeness (QED) is 0.400. The zero-order valence-corrected chi connectivity index (χ0v) is 10.8. The average Bonchev–Trinajstić information content (AvgIpc) is 2.26. The Morgan fingerprint density at radius 2 is 1.75 bits per heavy atom. The van der Waals surface area contributed by atoms with Crippen molar-refractivity contribution in [3.05, 3.63) is 0 Å². The number of hydrogen-bond donors (Lipinski definition) is 0. The van der Waals surface area contributed by atoms with Crippen molar-refractivity contribution in [3.8, 4) is 0 Å². The molecule has 0 bridgehead atoms. The summed E-state index contributed by atoms with van der Waals surface area (Å²) < 4.78 is 10.7. The minimum atomic E-state index is 0.574. The van der Waals surface area contributed by atoms with Gasteiger partial charge < -0.3 is 14.4 Å². The average molecular weight is 231 g/mol. The van der Waals surface area contributed by atoms with Crippen molar-refractivity contribution in [3.63, 3.8) is 0 Å². The minimum Gasteiger partial charge on any atom is -0.379 e. The summed E-state index contributed by atoms with van der Waals surface area (Å²) >= 11 is 0. The van der Waals surface area contributed by atoms with Crippen LogP contribution in [0.3, 0.4) is 0 Å². The lowest BCUT2D eigenvalue weighted by Crippen LogP contribution is -2.22. The summed E-state index contributed by atoms with van der Waals surface area (Å²) in [6, 6.07) is 0. The number of nitrogens with zero attached hydrogens (tertiary/aromatic N) is 1. The molecule has 16 heavy (non-hydrogen) atoms. The van der Waals surface area contributed by atoms with Gasteiger partial charge in [0.25, 0.3) is 0 Å². The zero-order chi connectivity index (χ0) is 12.2. The third-order valence-electron chi connectivity index (χ3n) is 2.21. The fraction of sp³-hybridized carbons (Fsp3) is 0.917. The molecule has 0 radical (unpaired) electrons. The van der Waals surface area contributed by atoms with Gasteiger partial charge in [-0.15, -0.1) is 0 Å². The van der Waals surface area contributed by atoms with Gasteiger partial charge in [0.2, 0.25) is 6.41 Å². The first-order valence-corrected chi connectivity index (χ1v) is 5.97. The second kappa shape index (κ2) is 10.9. The van der Waals surface area contributed by atoms with Crippen LogP contribution in [-0.4, -0.2) is 51.3 Å². The first-order chi connectivity index (χ1) is 7.66. The molecular weight excluding hydrogens is 206 g/mol. The lowest BCUT2D eigenvalue weighted by Gasteiger charge is -2.10. The molecule has 0 aliphatic carbocycles. The van der Waals surface area contributed by atoms with Crippen molar-refractivity contribution < 1.29 is 14.3 Å². The molecule has 4 nitrogen and oxygen atoms in total. The van der Waals surface area contributed by atoms with Crippen LogP contribution >= 0.6 is 0 Å². The van der Waals surface area contributed by atoms with E-state index in [0.29, 0.717) is 26.4 Å². The van der Waals surface area contributed by atoms with Crippen LogP contribution in [0.15, 0.2) is 0 Å². The van der Waals surface area contributed by atoms with Crippen molar-refractivity contribution in [1.82, 2.24) is 4.90 Å². The molecule has 0 N–H and O–H groups in total. The molecule has 0 unspecified atom stereocenters. The topological polar surface area (TPSA) is 38.8 Å². The molecule has 1 amide bonds. The molecule has 0 aromatic heterocycles. The first kappa shape index (κ1) is 15.4. The molecule has 96 valence electrons. The molecule has 0 rings (SSSR count). The van der Waals surface area contributed by atoms with Crippen molar-refractivity contribution in [2.45, 2.75) is 26.7 Å². The molecule has 0 fully saturated rings. The maximum Gasteiger partial charge on any atom is 0.209 e. The Bertz CT molecular complexity index is 162. The summed E-state index contributed by atoms with van der Waals surface area (Å²) in [6.45, 7) is 7.70. The largest absolute Gasteiger partial charge is 0.379 e.